The first-order valence-electron chi connectivity index (χ1n) is 9.16. The van der Waals surface area contributed by atoms with Crippen LogP contribution in [0.15, 0.2) is 48.8 Å². The van der Waals surface area contributed by atoms with E-state index in [0.29, 0.717) is 36.4 Å². The van der Waals surface area contributed by atoms with Crippen LogP contribution >= 0.6 is 0 Å². The van der Waals surface area contributed by atoms with Gasteiger partial charge in [-0.1, -0.05) is 12.1 Å². The molecule has 7 heteroatoms. The fourth-order valence-corrected chi connectivity index (χ4v) is 4.33. The minimum absolute atomic E-state index is 0.0685. The maximum atomic E-state index is 14.8. The van der Waals surface area contributed by atoms with Crippen LogP contribution in [0.25, 0.3) is 11.1 Å². The molecule has 2 N–H and O–H groups in total. The quantitative estimate of drug-likeness (QED) is 0.734. The lowest BCUT2D eigenvalue weighted by atomic mass is 9.91. The molecular formula is C21H19FN4O2. The maximum absolute atomic E-state index is 14.8. The molecule has 1 atom stereocenters. The van der Waals surface area contributed by atoms with Crippen molar-refractivity contribution in [3.8, 4) is 16.9 Å². The molecule has 1 spiro atoms. The van der Waals surface area contributed by atoms with E-state index in [9.17, 15) is 9.18 Å². The highest BCUT2D eigenvalue weighted by Gasteiger charge is 2.53. The Balaban J connectivity index is 1.65. The minimum Gasteiger partial charge on any atom is -0.497 e. The number of aromatic amines is 1. The number of benzene rings is 2. The van der Waals surface area contributed by atoms with Crippen molar-refractivity contribution in [2.24, 2.45) is 0 Å². The largest absolute Gasteiger partial charge is 0.497 e. The highest BCUT2D eigenvalue weighted by atomic mass is 19.1. The predicted molar refractivity (Wildman–Crippen MR) is 103 cm³/mol. The molecule has 0 aliphatic carbocycles. The third kappa shape index (κ3) is 2.32. The number of halogens is 1. The Bertz CT molecular complexity index is 1050. The third-order valence-corrected chi connectivity index (χ3v) is 5.72. The number of amides is 1. The van der Waals surface area contributed by atoms with Crippen molar-refractivity contribution < 1.29 is 13.9 Å². The summed E-state index contributed by atoms with van der Waals surface area (Å²) in [5.74, 6) is 0.0265. The van der Waals surface area contributed by atoms with E-state index in [2.05, 4.69) is 15.5 Å². The van der Waals surface area contributed by atoms with Crippen molar-refractivity contribution in [2.45, 2.75) is 18.4 Å². The lowest BCUT2D eigenvalue weighted by Gasteiger charge is -2.35. The van der Waals surface area contributed by atoms with Gasteiger partial charge in [0.05, 0.1) is 19.0 Å². The highest BCUT2D eigenvalue weighted by Crippen LogP contribution is 2.49. The summed E-state index contributed by atoms with van der Waals surface area (Å²) in [6.07, 6.45) is 4.54. The summed E-state index contributed by atoms with van der Waals surface area (Å²) in [5, 5.41) is 9.71. The Kier molecular flexibility index (Phi) is 3.65. The molecule has 0 saturated carbocycles. The molecule has 1 unspecified atom stereocenters. The van der Waals surface area contributed by atoms with E-state index in [-0.39, 0.29) is 11.7 Å². The minimum atomic E-state index is -0.813. The summed E-state index contributed by atoms with van der Waals surface area (Å²) in [6, 6.07) is 11.1. The number of nitrogens with zero attached hydrogens (tertiary/aromatic N) is 2. The second-order valence-corrected chi connectivity index (χ2v) is 7.19. The number of nitrogens with one attached hydrogen (secondary N) is 2. The summed E-state index contributed by atoms with van der Waals surface area (Å²) < 4.78 is 20.1. The van der Waals surface area contributed by atoms with E-state index in [0.717, 1.165) is 16.8 Å². The molecule has 3 heterocycles. The molecule has 1 saturated heterocycles. The van der Waals surface area contributed by atoms with E-state index >= 15 is 0 Å². The van der Waals surface area contributed by atoms with Crippen molar-refractivity contribution in [1.82, 2.24) is 15.5 Å². The van der Waals surface area contributed by atoms with Crippen LogP contribution in [0.5, 0.6) is 5.75 Å². The predicted octanol–water partition coefficient (Wildman–Crippen LogP) is 3.18. The van der Waals surface area contributed by atoms with Crippen molar-refractivity contribution in [2.75, 3.05) is 18.6 Å². The first kappa shape index (κ1) is 16.8. The van der Waals surface area contributed by atoms with E-state index in [1.165, 1.54) is 13.2 Å². The van der Waals surface area contributed by atoms with Crippen LogP contribution in [0.1, 0.15) is 12.0 Å². The van der Waals surface area contributed by atoms with Crippen LogP contribution in [-0.4, -0.2) is 35.3 Å². The Morgan fingerprint density at radius 2 is 2.04 bits per heavy atom. The van der Waals surface area contributed by atoms with Crippen LogP contribution in [0.2, 0.25) is 0 Å². The van der Waals surface area contributed by atoms with E-state index in [1.807, 2.05) is 41.4 Å². The Hall–Kier alpha value is -3.35. The van der Waals surface area contributed by atoms with Crippen molar-refractivity contribution in [3.05, 3.63) is 60.2 Å². The molecule has 28 heavy (non-hydrogen) atoms. The molecular weight excluding hydrogens is 359 g/mol. The second kappa shape index (κ2) is 6.09. The zero-order valence-electron chi connectivity index (χ0n) is 15.3. The number of methoxy groups -OCH3 is 1. The number of carbonyl (C=O) groups excluding carboxylic acids is 1. The molecule has 2 aliphatic rings. The number of fused-ring (bicyclic) bond motifs is 1. The van der Waals surface area contributed by atoms with Gasteiger partial charge in [0.15, 0.2) is 0 Å². The number of anilines is 2. The number of H-pyrrole nitrogens is 1. The molecule has 1 fully saturated rings. The molecule has 3 aromatic rings. The molecule has 2 aromatic carbocycles. The summed E-state index contributed by atoms with van der Waals surface area (Å²) in [6.45, 7) is 0.579. The fraction of sp³-hybridized carbons (Fsp3) is 0.238. The molecule has 5 rings (SSSR count). The fourth-order valence-electron chi connectivity index (χ4n) is 4.33. The number of rotatable bonds is 3. The van der Waals surface area contributed by atoms with Crippen LogP contribution in [0, 0.1) is 5.82 Å². The van der Waals surface area contributed by atoms with Crippen LogP contribution in [0.3, 0.4) is 0 Å². The lowest BCUT2D eigenvalue weighted by molar-refractivity contribution is -0.123. The first-order chi connectivity index (χ1) is 13.6. The van der Waals surface area contributed by atoms with E-state index < -0.39 is 5.54 Å². The molecule has 0 bridgehead atoms. The van der Waals surface area contributed by atoms with Crippen molar-refractivity contribution in [3.63, 3.8) is 0 Å². The van der Waals surface area contributed by atoms with Gasteiger partial charge >= 0.3 is 0 Å². The van der Waals surface area contributed by atoms with Gasteiger partial charge in [-0.3, -0.25) is 9.89 Å². The van der Waals surface area contributed by atoms with Crippen molar-refractivity contribution in [1.29, 1.82) is 0 Å². The monoisotopic (exact) mass is 378 g/mol. The molecule has 1 amide bonds. The van der Waals surface area contributed by atoms with Gasteiger partial charge in [0.1, 0.15) is 17.1 Å². The zero-order chi connectivity index (χ0) is 19.3. The van der Waals surface area contributed by atoms with E-state index in [1.54, 1.807) is 6.20 Å². The molecule has 2 aliphatic heterocycles. The van der Waals surface area contributed by atoms with Gasteiger partial charge in [0, 0.05) is 48.1 Å². The number of carbonyl (C=O) groups is 1. The van der Waals surface area contributed by atoms with Crippen LogP contribution in [0.4, 0.5) is 15.8 Å². The molecule has 1 aromatic heterocycles. The van der Waals surface area contributed by atoms with Gasteiger partial charge < -0.3 is 15.0 Å². The number of ether oxygens (including phenoxy) is 1. The Morgan fingerprint density at radius 3 is 2.68 bits per heavy atom. The van der Waals surface area contributed by atoms with Gasteiger partial charge in [-0.15, -0.1) is 0 Å². The third-order valence-electron chi connectivity index (χ3n) is 5.72. The standard InChI is InChI=1S/C21H19FN4O2/c1-28-16-8-18(22)17-10-21(6-7-23-20(21)27)26(19(17)9-16)15-4-2-13(3-5-15)14-11-24-25-12-14/h2-5,8-9,11-12H,6-7,10H2,1H3,(H,23,27)(H,24,25). The van der Waals surface area contributed by atoms with Crippen molar-refractivity contribution >= 4 is 17.3 Å². The van der Waals surface area contributed by atoms with Crippen LogP contribution in [-0.2, 0) is 11.2 Å². The van der Waals surface area contributed by atoms with Gasteiger partial charge in [-0.25, -0.2) is 4.39 Å². The topological polar surface area (TPSA) is 70.2 Å². The number of hydrogen-bond acceptors (Lipinski definition) is 4. The van der Waals surface area contributed by atoms with E-state index in [4.69, 9.17) is 4.74 Å². The first-order valence-corrected chi connectivity index (χ1v) is 9.16. The second-order valence-electron chi connectivity index (χ2n) is 7.19. The van der Waals surface area contributed by atoms with Gasteiger partial charge in [-0.2, -0.15) is 5.10 Å². The molecule has 0 radical (unpaired) electrons. The smallest absolute Gasteiger partial charge is 0.246 e. The van der Waals surface area contributed by atoms with Gasteiger partial charge in [0.25, 0.3) is 0 Å². The number of hydrogen-bond donors (Lipinski definition) is 2. The summed E-state index contributed by atoms with van der Waals surface area (Å²) in [4.78, 5) is 14.8. The SMILES string of the molecule is COc1cc(F)c2c(c1)N(c1ccc(-c3cn[nH]c3)cc1)C1(CCNC1=O)C2. The van der Waals surface area contributed by atoms with Gasteiger partial charge in [-0.05, 0) is 24.1 Å². The van der Waals surface area contributed by atoms with Crippen LogP contribution < -0.4 is 15.0 Å². The average molecular weight is 378 g/mol. The normalized spacial score (nSPS) is 20.5. The summed E-state index contributed by atoms with van der Waals surface area (Å²) >= 11 is 0. The summed E-state index contributed by atoms with van der Waals surface area (Å²) in [5.41, 5.74) is 3.26. The highest BCUT2D eigenvalue weighted by molar-refractivity contribution is 5.98. The molecule has 142 valence electrons. The summed E-state index contributed by atoms with van der Waals surface area (Å²) in [7, 11) is 1.51. The number of aromatic nitrogens is 2. The Labute approximate surface area is 161 Å². The zero-order valence-corrected chi connectivity index (χ0v) is 15.3. The van der Waals surface area contributed by atoms with Gasteiger partial charge in [0.2, 0.25) is 5.91 Å². The maximum Gasteiger partial charge on any atom is 0.246 e. The lowest BCUT2D eigenvalue weighted by Crippen LogP contribution is -2.50. The average Bonchev–Trinajstić information content (AvgIpc) is 3.43. The Morgan fingerprint density at radius 1 is 1.21 bits per heavy atom. The molecule has 6 nitrogen and oxygen atoms in total.